The molecule has 1 fully saturated rings. The summed E-state index contributed by atoms with van der Waals surface area (Å²) in [6, 6.07) is 7.63. The molecule has 1 aromatic rings. The van der Waals surface area contributed by atoms with Crippen LogP contribution in [0.4, 0.5) is 5.69 Å². The van der Waals surface area contributed by atoms with Crippen molar-refractivity contribution in [1.82, 2.24) is 4.90 Å². The van der Waals surface area contributed by atoms with E-state index in [1.54, 1.807) is 0 Å². The average molecular weight is 220 g/mol. The Morgan fingerprint density at radius 1 is 1.25 bits per heavy atom. The maximum Gasteiger partial charge on any atom is 0.119 e. The molecule has 0 aliphatic carbocycles. The number of nitrogens with zero attached hydrogens (tertiary/aromatic N) is 1. The Hall–Kier alpha value is -1.22. The van der Waals surface area contributed by atoms with E-state index in [1.165, 1.54) is 25.9 Å². The largest absolute Gasteiger partial charge is 0.493 e. The molecule has 1 aliphatic rings. The molecular weight excluding hydrogens is 200 g/mol. The zero-order valence-corrected chi connectivity index (χ0v) is 9.86. The molecule has 0 radical (unpaired) electrons. The summed E-state index contributed by atoms with van der Waals surface area (Å²) in [5.74, 6) is 1.63. The van der Waals surface area contributed by atoms with Crippen LogP contribution in [-0.2, 0) is 0 Å². The molecule has 3 nitrogen and oxygen atoms in total. The average Bonchev–Trinajstić information content (AvgIpc) is 2.30. The van der Waals surface area contributed by atoms with Gasteiger partial charge in [0.05, 0.1) is 6.61 Å². The molecule has 3 heteroatoms. The first-order chi connectivity index (χ1) is 7.74. The monoisotopic (exact) mass is 220 g/mol. The maximum atomic E-state index is 5.76. The number of benzene rings is 1. The molecule has 16 heavy (non-hydrogen) atoms. The number of piperidine rings is 1. The third-order valence-corrected chi connectivity index (χ3v) is 3.20. The third-order valence-electron chi connectivity index (χ3n) is 3.20. The second-order valence-electron chi connectivity index (χ2n) is 4.63. The molecule has 1 aromatic carbocycles. The van der Waals surface area contributed by atoms with E-state index in [2.05, 4.69) is 11.9 Å². The Morgan fingerprint density at radius 3 is 2.50 bits per heavy atom. The highest BCUT2D eigenvalue weighted by molar-refractivity contribution is 5.41. The normalized spacial score (nSPS) is 18.6. The van der Waals surface area contributed by atoms with Crippen molar-refractivity contribution in [2.24, 2.45) is 5.92 Å². The molecule has 0 bridgehead atoms. The van der Waals surface area contributed by atoms with Crippen LogP contribution in [0.5, 0.6) is 5.75 Å². The summed E-state index contributed by atoms with van der Waals surface area (Å²) in [6.45, 7) is 3.21. The van der Waals surface area contributed by atoms with Crippen molar-refractivity contribution in [2.45, 2.75) is 12.8 Å². The molecule has 88 valence electrons. The predicted octanol–water partition coefficient (Wildman–Crippen LogP) is 1.99. The van der Waals surface area contributed by atoms with Gasteiger partial charge < -0.3 is 15.4 Å². The molecule has 1 heterocycles. The van der Waals surface area contributed by atoms with Crippen LogP contribution in [0.2, 0.25) is 0 Å². The molecule has 0 atom stereocenters. The van der Waals surface area contributed by atoms with Crippen LogP contribution in [0.1, 0.15) is 12.8 Å². The van der Waals surface area contributed by atoms with Gasteiger partial charge in [0.15, 0.2) is 0 Å². The van der Waals surface area contributed by atoms with Crippen LogP contribution in [0.25, 0.3) is 0 Å². The fourth-order valence-corrected chi connectivity index (χ4v) is 2.01. The van der Waals surface area contributed by atoms with E-state index in [9.17, 15) is 0 Å². The zero-order chi connectivity index (χ0) is 11.4. The summed E-state index contributed by atoms with van der Waals surface area (Å²) in [5, 5.41) is 0. The first-order valence-electron chi connectivity index (χ1n) is 5.91. The molecular formula is C13H20N2O. The summed E-state index contributed by atoms with van der Waals surface area (Å²) >= 11 is 0. The number of nitrogen functional groups attached to an aromatic ring is 1. The molecule has 1 aliphatic heterocycles. The summed E-state index contributed by atoms with van der Waals surface area (Å²) in [5.41, 5.74) is 6.40. The molecule has 1 saturated heterocycles. The lowest BCUT2D eigenvalue weighted by molar-refractivity contribution is 0.160. The molecule has 0 unspecified atom stereocenters. The number of hydrogen-bond donors (Lipinski definition) is 1. The van der Waals surface area contributed by atoms with E-state index in [0.29, 0.717) is 5.92 Å². The number of rotatable bonds is 3. The van der Waals surface area contributed by atoms with Gasteiger partial charge >= 0.3 is 0 Å². The van der Waals surface area contributed by atoms with E-state index < -0.39 is 0 Å². The summed E-state index contributed by atoms with van der Waals surface area (Å²) in [7, 11) is 2.18. The lowest BCUT2D eigenvalue weighted by Crippen LogP contribution is -2.32. The van der Waals surface area contributed by atoms with E-state index >= 15 is 0 Å². The van der Waals surface area contributed by atoms with Crippen molar-refractivity contribution >= 4 is 5.69 Å². The van der Waals surface area contributed by atoms with Gasteiger partial charge in [-0.05, 0) is 63.2 Å². The van der Waals surface area contributed by atoms with Gasteiger partial charge in [-0.1, -0.05) is 0 Å². The van der Waals surface area contributed by atoms with E-state index in [0.717, 1.165) is 18.0 Å². The first-order valence-corrected chi connectivity index (χ1v) is 5.91. The lowest BCUT2D eigenvalue weighted by atomic mass is 9.98. The van der Waals surface area contributed by atoms with E-state index in [-0.39, 0.29) is 0 Å². The topological polar surface area (TPSA) is 38.5 Å². The van der Waals surface area contributed by atoms with Gasteiger partial charge in [-0.2, -0.15) is 0 Å². The molecule has 0 spiro atoms. The molecule has 0 aromatic heterocycles. The Morgan fingerprint density at radius 2 is 1.88 bits per heavy atom. The second-order valence-corrected chi connectivity index (χ2v) is 4.63. The SMILES string of the molecule is CN1CCC(COc2ccc(N)cc2)CC1. The molecule has 2 N–H and O–H groups in total. The van der Waals surface area contributed by atoms with Gasteiger partial charge in [-0.25, -0.2) is 0 Å². The van der Waals surface area contributed by atoms with Crippen LogP contribution in [0.3, 0.4) is 0 Å². The number of nitrogens with two attached hydrogens (primary N) is 1. The van der Waals surface area contributed by atoms with Crippen molar-refractivity contribution in [3.8, 4) is 5.75 Å². The second kappa shape index (κ2) is 5.21. The van der Waals surface area contributed by atoms with Gasteiger partial charge in [0.1, 0.15) is 5.75 Å². The fourth-order valence-electron chi connectivity index (χ4n) is 2.01. The van der Waals surface area contributed by atoms with Crippen molar-refractivity contribution in [3.63, 3.8) is 0 Å². The van der Waals surface area contributed by atoms with Crippen molar-refractivity contribution in [3.05, 3.63) is 24.3 Å². The quantitative estimate of drug-likeness (QED) is 0.792. The predicted molar refractivity (Wildman–Crippen MR) is 66.6 cm³/mol. The van der Waals surface area contributed by atoms with Gasteiger partial charge in [-0.3, -0.25) is 0 Å². The number of hydrogen-bond acceptors (Lipinski definition) is 3. The standard InChI is InChI=1S/C13H20N2O/c1-15-8-6-11(7-9-15)10-16-13-4-2-12(14)3-5-13/h2-5,11H,6-10,14H2,1H3. The molecule has 0 saturated carbocycles. The van der Waals surface area contributed by atoms with Crippen LogP contribution in [0, 0.1) is 5.92 Å². The minimum Gasteiger partial charge on any atom is -0.493 e. The van der Waals surface area contributed by atoms with Gasteiger partial charge in [0, 0.05) is 5.69 Å². The Balaban J connectivity index is 1.77. The third kappa shape index (κ3) is 3.14. The fraction of sp³-hybridized carbons (Fsp3) is 0.538. The summed E-state index contributed by atoms with van der Waals surface area (Å²) < 4.78 is 5.76. The zero-order valence-electron chi connectivity index (χ0n) is 9.86. The highest BCUT2D eigenvalue weighted by Crippen LogP contribution is 2.19. The number of ether oxygens (including phenoxy) is 1. The Bertz CT molecular complexity index is 315. The van der Waals surface area contributed by atoms with Crippen LogP contribution >= 0.6 is 0 Å². The highest BCUT2D eigenvalue weighted by atomic mass is 16.5. The molecule has 0 amide bonds. The summed E-state index contributed by atoms with van der Waals surface area (Å²) in [6.07, 6.45) is 2.48. The van der Waals surface area contributed by atoms with Gasteiger partial charge in [-0.15, -0.1) is 0 Å². The maximum absolute atomic E-state index is 5.76. The summed E-state index contributed by atoms with van der Waals surface area (Å²) in [4.78, 5) is 2.37. The van der Waals surface area contributed by atoms with Crippen molar-refractivity contribution in [2.75, 3.05) is 32.5 Å². The van der Waals surface area contributed by atoms with Gasteiger partial charge in [0.25, 0.3) is 0 Å². The minimum absolute atomic E-state index is 0.703. The van der Waals surface area contributed by atoms with E-state index in [4.69, 9.17) is 10.5 Å². The number of anilines is 1. The lowest BCUT2D eigenvalue weighted by Gasteiger charge is -2.28. The van der Waals surface area contributed by atoms with Crippen LogP contribution < -0.4 is 10.5 Å². The van der Waals surface area contributed by atoms with E-state index in [1.807, 2.05) is 24.3 Å². The highest BCUT2D eigenvalue weighted by Gasteiger charge is 2.16. The van der Waals surface area contributed by atoms with Gasteiger partial charge in [0.2, 0.25) is 0 Å². The van der Waals surface area contributed by atoms with Crippen LogP contribution in [-0.4, -0.2) is 31.6 Å². The van der Waals surface area contributed by atoms with Crippen molar-refractivity contribution in [1.29, 1.82) is 0 Å². The smallest absolute Gasteiger partial charge is 0.119 e. The molecule has 2 rings (SSSR count). The van der Waals surface area contributed by atoms with Crippen LogP contribution in [0.15, 0.2) is 24.3 Å². The Labute approximate surface area is 97.2 Å². The van der Waals surface area contributed by atoms with Crippen molar-refractivity contribution < 1.29 is 4.74 Å². The Kier molecular flexibility index (Phi) is 3.67. The first kappa shape index (κ1) is 11.3. The minimum atomic E-state index is 0.703. The number of likely N-dealkylation sites (tertiary alicyclic amines) is 1.